The summed E-state index contributed by atoms with van der Waals surface area (Å²) in [6.45, 7) is 0.106. The number of esters is 1. The van der Waals surface area contributed by atoms with Gasteiger partial charge in [0.25, 0.3) is 0 Å². The highest BCUT2D eigenvalue weighted by Crippen LogP contribution is 2.11. The molecule has 0 spiro atoms. The Morgan fingerprint density at radius 2 is 1.62 bits per heavy atom. The van der Waals surface area contributed by atoms with Gasteiger partial charge in [0.2, 0.25) is 5.91 Å². The molecule has 2 aromatic carbocycles. The highest BCUT2D eigenvalue weighted by atomic mass is 32.1. The Balaban J connectivity index is 2.07. The smallest absolute Gasteiger partial charge is 0.331 e. The van der Waals surface area contributed by atoms with Crippen LogP contribution < -0.4 is 10.5 Å². The monoisotopic (exact) mass is 344 g/mol. The van der Waals surface area contributed by atoms with Gasteiger partial charge < -0.3 is 15.4 Å². The zero-order valence-electron chi connectivity index (χ0n) is 13.2. The fourth-order valence-electron chi connectivity index (χ4n) is 2.14. The first-order chi connectivity index (χ1) is 11.6. The largest absolute Gasteiger partial charge is 0.425 e. The van der Waals surface area contributed by atoms with E-state index in [1.165, 1.54) is 4.90 Å². The summed E-state index contributed by atoms with van der Waals surface area (Å²) in [4.78, 5) is 26.0. The molecule has 126 valence electrons. The summed E-state index contributed by atoms with van der Waals surface area (Å²) in [6.07, 6.45) is 0. The van der Waals surface area contributed by atoms with Crippen LogP contribution in [0.5, 0.6) is 5.75 Å². The van der Waals surface area contributed by atoms with Crippen molar-refractivity contribution in [3.63, 3.8) is 0 Å². The van der Waals surface area contributed by atoms with E-state index in [4.69, 9.17) is 10.5 Å². The van der Waals surface area contributed by atoms with Crippen LogP contribution in [0, 0.1) is 0 Å². The second-order valence-electron chi connectivity index (χ2n) is 5.26. The number of hydrogen-bond donors (Lipinski definition) is 2. The Labute approximate surface area is 146 Å². The van der Waals surface area contributed by atoms with Crippen molar-refractivity contribution in [2.24, 2.45) is 5.73 Å². The Hall–Kier alpha value is -2.31. The van der Waals surface area contributed by atoms with Crippen molar-refractivity contribution in [3.05, 3.63) is 66.2 Å². The third kappa shape index (κ3) is 5.40. The van der Waals surface area contributed by atoms with Crippen LogP contribution in [0.3, 0.4) is 0 Å². The molecule has 0 fully saturated rings. The second-order valence-corrected chi connectivity index (χ2v) is 5.62. The van der Waals surface area contributed by atoms with E-state index < -0.39 is 12.0 Å². The maximum Gasteiger partial charge on any atom is 0.331 e. The Bertz CT molecular complexity index is 664. The van der Waals surface area contributed by atoms with Crippen LogP contribution in [-0.4, -0.2) is 35.1 Å². The summed E-state index contributed by atoms with van der Waals surface area (Å²) in [5, 5.41) is 0. The van der Waals surface area contributed by atoms with Crippen LogP contribution in [0.2, 0.25) is 0 Å². The molecule has 0 aliphatic carbocycles. The Kier molecular flexibility index (Phi) is 6.84. The lowest BCUT2D eigenvalue weighted by atomic mass is 10.2. The van der Waals surface area contributed by atoms with Gasteiger partial charge in [-0.3, -0.25) is 4.79 Å². The second kappa shape index (κ2) is 9.10. The number of nitrogens with zero attached hydrogens (tertiary/aromatic N) is 1. The first kappa shape index (κ1) is 18.0. The lowest BCUT2D eigenvalue weighted by molar-refractivity contribution is -0.143. The number of thiol groups is 1. The standard InChI is InChI=1S/C18H20N2O3S/c19-16(13-24)18(22)20(11-14-7-3-1-4-8-14)12-17(21)23-15-9-5-2-6-10-15/h1-10,16,24H,11-13,19H2/t16-/m0/s1. The molecule has 1 atom stereocenters. The van der Waals surface area contributed by atoms with Gasteiger partial charge in [0, 0.05) is 12.3 Å². The highest BCUT2D eigenvalue weighted by molar-refractivity contribution is 7.80. The quantitative estimate of drug-likeness (QED) is 0.457. The van der Waals surface area contributed by atoms with Gasteiger partial charge in [0.15, 0.2) is 0 Å². The maximum atomic E-state index is 12.4. The van der Waals surface area contributed by atoms with Gasteiger partial charge in [-0.05, 0) is 17.7 Å². The minimum atomic E-state index is -0.762. The van der Waals surface area contributed by atoms with Gasteiger partial charge >= 0.3 is 5.97 Å². The molecule has 5 nitrogen and oxygen atoms in total. The van der Waals surface area contributed by atoms with Gasteiger partial charge in [-0.2, -0.15) is 12.6 Å². The van der Waals surface area contributed by atoms with Crippen LogP contribution >= 0.6 is 12.6 Å². The minimum Gasteiger partial charge on any atom is -0.425 e. The Morgan fingerprint density at radius 3 is 2.21 bits per heavy atom. The van der Waals surface area contributed by atoms with Gasteiger partial charge in [0.1, 0.15) is 12.3 Å². The van der Waals surface area contributed by atoms with Crippen molar-refractivity contribution >= 4 is 24.5 Å². The number of benzene rings is 2. The highest BCUT2D eigenvalue weighted by Gasteiger charge is 2.23. The summed E-state index contributed by atoms with van der Waals surface area (Å²) in [7, 11) is 0. The summed E-state index contributed by atoms with van der Waals surface area (Å²) in [5.74, 6) is -0.207. The molecule has 2 rings (SSSR count). The molecule has 0 aromatic heterocycles. The molecule has 0 aliphatic rings. The van der Waals surface area contributed by atoms with E-state index in [0.717, 1.165) is 5.56 Å². The van der Waals surface area contributed by atoms with Crippen LogP contribution in [0.25, 0.3) is 0 Å². The van der Waals surface area contributed by atoms with E-state index in [0.29, 0.717) is 5.75 Å². The van der Waals surface area contributed by atoms with Gasteiger partial charge in [0.05, 0.1) is 6.04 Å². The molecular formula is C18H20N2O3S. The minimum absolute atomic E-state index is 0.176. The first-order valence-electron chi connectivity index (χ1n) is 7.55. The molecule has 0 unspecified atom stereocenters. The van der Waals surface area contributed by atoms with Crippen molar-refractivity contribution in [2.75, 3.05) is 12.3 Å². The van der Waals surface area contributed by atoms with Crippen molar-refractivity contribution in [1.82, 2.24) is 4.90 Å². The number of para-hydroxylation sites is 1. The fourth-order valence-corrected chi connectivity index (χ4v) is 2.29. The molecule has 2 aromatic rings. The summed E-state index contributed by atoms with van der Waals surface area (Å²) >= 11 is 4.06. The summed E-state index contributed by atoms with van der Waals surface area (Å²) < 4.78 is 5.25. The zero-order chi connectivity index (χ0) is 17.4. The summed E-state index contributed by atoms with van der Waals surface area (Å²) in [6, 6.07) is 17.4. The predicted octanol–water partition coefficient (Wildman–Crippen LogP) is 1.88. The maximum absolute atomic E-state index is 12.4. The molecular weight excluding hydrogens is 324 g/mol. The van der Waals surface area contributed by atoms with Gasteiger partial charge in [-0.1, -0.05) is 48.5 Å². The number of ether oxygens (including phenoxy) is 1. The van der Waals surface area contributed by atoms with Gasteiger partial charge in [-0.15, -0.1) is 0 Å². The lowest BCUT2D eigenvalue weighted by Crippen LogP contribution is -2.47. The molecule has 1 amide bonds. The van der Waals surface area contributed by atoms with E-state index in [-0.39, 0.29) is 24.7 Å². The molecule has 6 heteroatoms. The molecule has 0 aliphatic heterocycles. The third-order valence-corrected chi connectivity index (χ3v) is 3.73. The number of carbonyl (C=O) groups is 2. The first-order valence-corrected chi connectivity index (χ1v) is 8.18. The van der Waals surface area contributed by atoms with Crippen LogP contribution in [0.1, 0.15) is 5.56 Å². The molecule has 0 saturated carbocycles. The van der Waals surface area contributed by atoms with Crippen molar-refractivity contribution in [2.45, 2.75) is 12.6 Å². The lowest BCUT2D eigenvalue weighted by Gasteiger charge is -2.24. The van der Waals surface area contributed by atoms with Crippen LogP contribution in [-0.2, 0) is 16.1 Å². The molecule has 2 N–H and O–H groups in total. The van der Waals surface area contributed by atoms with E-state index in [9.17, 15) is 9.59 Å². The van der Waals surface area contributed by atoms with Crippen molar-refractivity contribution in [3.8, 4) is 5.75 Å². The van der Waals surface area contributed by atoms with E-state index in [2.05, 4.69) is 12.6 Å². The zero-order valence-corrected chi connectivity index (χ0v) is 14.1. The van der Waals surface area contributed by atoms with Crippen molar-refractivity contribution in [1.29, 1.82) is 0 Å². The molecule has 0 bridgehead atoms. The summed E-state index contributed by atoms with van der Waals surface area (Å²) in [5.41, 5.74) is 6.69. The third-order valence-electron chi connectivity index (χ3n) is 3.34. The van der Waals surface area contributed by atoms with Crippen molar-refractivity contribution < 1.29 is 14.3 Å². The number of rotatable bonds is 7. The van der Waals surface area contributed by atoms with Gasteiger partial charge in [-0.25, -0.2) is 4.79 Å². The molecule has 0 heterocycles. The number of nitrogens with two attached hydrogens (primary N) is 1. The van der Waals surface area contributed by atoms with E-state index in [1.807, 2.05) is 36.4 Å². The number of hydrogen-bond acceptors (Lipinski definition) is 5. The molecule has 0 saturated heterocycles. The average Bonchev–Trinajstić information content (AvgIpc) is 2.61. The normalized spacial score (nSPS) is 11.6. The topological polar surface area (TPSA) is 72.6 Å². The van der Waals surface area contributed by atoms with Crippen LogP contribution in [0.4, 0.5) is 0 Å². The predicted molar refractivity (Wildman–Crippen MR) is 95.8 cm³/mol. The van der Waals surface area contributed by atoms with E-state index in [1.54, 1.807) is 24.3 Å². The molecule has 24 heavy (non-hydrogen) atoms. The molecule has 0 radical (unpaired) electrons. The SMILES string of the molecule is N[C@@H](CS)C(=O)N(CC(=O)Oc1ccccc1)Cc1ccccc1. The number of carbonyl (C=O) groups excluding carboxylic acids is 2. The Morgan fingerprint density at radius 1 is 1.04 bits per heavy atom. The number of amides is 1. The fraction of sp³-hybridized carbons (Fsp3) is 0.222. The van der Waals surface area contributed by atoms with E-state index >= 15 is 0 Å². The van der Waals surface area contributed by atoms with Crippen LogP contribution in [0.15, 0.2) is 60.7 Å². The average molecular weight is 344 g/mol.